The van der Waals surface area contributed by atoms with E-state index in [2.05, 4.69) is 47.6 Å². The van der Waals surface area contributed by atoms with E-state index in [1.807, 2.05) is 18.2 Å². The molecule has 0 aromatic heterocycles. The first-order chi connectivity index (χ1) is 7.20. The molecule has 0 amide bonds. The van der Waals surface area contributed by atoms with E-state index in [1.54, 1.807) is 0 Å². The topological polar surface area (TPSA) is 9.23 Å². The Bertz CT molecular complexity index is 345. The Morgan fingerprint density at radius 3 is 2.06 bits per heavy atom. The molecule has 0 bridgehead atoms. The van der Waals surface area contributed by atoms with Gasteiger partial charge in [-0.05, 0) is 44.2 Å². The minimum atomic E-state index is -0.121. The van der Waals surface area contributed by atoms with Crippen molar-refractivity contribution in [1.82, 2.24) is 0 Å². The number of aryl methyl sites for hydroxylation is 1. The van der Waals surface area contributed by atoms with Crippen LogP contribution in [0.4, 0.5) is 0 Å². The molecular formula is C15H24O. The first kappa shape index (κ1) is 13.1. The van der Waals surface area contributed by atoms with Gasteiger partial charge in [0.25, 0.3) is 0 Å². The minimum Gasteiger partial charge on any atom is -0.488 e. The van der Waals surface area contributed by atoms with Gasteiger partial charge in [0.15, 0.2) is 0 Å². The lowest BCUT2D eigenvalue weighted by molar-refractivity contribution is 0.0615. The summed E-state index contributed by atoms with van der Waals surface area (Å²) in [4.78, 5) is 0. The third-order valence-electron chi connectivity index (χ3n) is 2.44. The molecule has 0 N–H and O–H groups in total. The van der Waals surface area contributed by atoms with E-state index in [-0.39, 0.29) is 11.0 Å². The number of hydrogen-bond acceptors (Lipinski definition) is 1. The van der Waals surface area contributed by atoms with E-state index in [4.69, 9.17) is 4.74 Å². The van der Waals surface area contributed by atoms with Gasteiger partial charge in [0, 0.05) is 0 Å². The molecule has 0 fully saturated rings. The standard InChI is InChI=1S/C15H24O/c1-12-9-7-8-10-13(12)16-15(5,6)11-14(2,3)4/h7-10H,11H2,1-6H3. The number of benzene rings is 1. The molecule has 1 aromatic carbocycles. The van der Waals surface area contributed by atoms with Gasteiger partial charge in [0.1, 0.15) is 11.4 Å². The van der Waals surface area contributed by atoms with Gasteiger partial charge >= 0.3 is 0 Å². The van der Waals surface area contributed by atoms with Crippen molar-refractivity contribution in [3.8, 4) is 5.75 Å². The fraction of sp³-hybridized carbons (Fsp3) is 0.600. The molecule has 0 aliphatic carbocycles. The van der Waals surface area contributed by atoms with E-state index in [1.165, 1.54) is 5.56 Å². The number of rotatable bonds is 3. The average Bonchev–Trinajstić information content (AvgIpc) is 2.04. The molecule has 16 heavy (non-hydrogen) atoms. The lowest BCUT2D eigenvalue weighted by Gasteiger charge is -2.33. The molecule has 0 radical (unpaired) electrons. The average molecular weight is 220 g/mol. The maximum atomic E-state index is 6.11. The van der Waals surface area contributed by atoms with Crippen LogP contribution in [0.1, 0.15) is 46.6 Å². The Morgan fingerprint density at radius 2 is 1.56 bits per heavy atom. The molecule has 0 heterocycles. The molecule has 1 nitrogen and oxygen atoms in total. The summed E-state index contributed by atoms with van der Waals surface area (Å²) < 4.78 is 6.11. The van der Waals surface area contributed by atoms with Crippen LogP contribution in [0.3, 0.4) is 0 Å². The zero-order valence-electron chi connectivity index (χ0n) is 11.4. The quantitative estimate of drug-likeness (QED) is 0.724. The van der Waals surface area contributed by atoms with Crippen molar-refractivity contribution in [2.45, 2.75) is 53.6 Å². The summed E-state index contributed by atoms with van der Waals surface area (Å²) in [6, 6.07) is 8.19. The maximum absolute atomic E-state index is 6.11. The van der Waals surface area contributed by atoms with Crippen LogP contribution in [-0.4, -0.2) is 5.60 Å². The largest absolute Gasteiger partial charge is 0.488 e. The lowest BCUT2D eigenvalue weighted by Crippen LogP contribution is -2.33. The van der Waals surface area contributed by atoms with Crippen LogP contribution < -0.4 is 4.74 Å². The van der Waals surface area contributed by atoms with Crippen LogP contribution >= 0.6 is 0 Å². The van der Waals surface area contributed by atoms with Crippen molar-refractivity contribution < 1.29 is 4.74 Å². The highest BCUT2D eigenvalue weighted by atomic mass is 16.5. The second-order valence-corrected chi connectivity index (χ2v) is 6.36. The number of ether oxygens (including phenoxy) is 1. The molecule has 1 aromatic rings. The molecule has 0 saturated heterocycles. The van der Waals surface area contributed by atoms with Gasteiger partial charge < -0.3 is 4.74 Å². The first-order valence-corrected chi connectivity index (χ1v) is 5.94. The molecule has 0 aliphatic heterocycles. The van der Waals surface area contributed by atoms with Crippen LogP contribution in [-0.2, 0) is 0 Å². The molecule has 0 atom stereocenters. The third kappa shape index (κ3) is 4.26. The number of hydrogen-bond donors (Lipinski definition) is 0. The summed E-state index contributed by atoms with van der Waals surface area (Å²) in [6.07, 6.45) is 1.04. The van der Waals surface area contributed by atoms with Crippen LogP contribution in [0.25, 0.3) is 0 Å². The molecule has 0 spiro atoms. The fourth-order valence-electron chi connectivity index (χ4n) is 2.28. The highest BCUT2D eigenvalue weighted by Crippen LogP contribution is 2.31. The van der Waals surface area contributed by atoms with Gasteiger partial charge in [0.05, 0.1) is 0 Å². The smallest absolute Gasteiger partial charge is 0.123 e. The highest BCUT2D eigenvalue weighted by molar-refractivity contribution is 5.32. The monoisotopic (exact) mass is 220 g/mol. The second kappa shape index (κ2) is 4.48. The molecule has 1 rings (SSSR count). The van der Waals surface area contributed by atoms with Crippen molar-refractivity contribution in [2.75, 3.05) is 0 Å². The van der Waals surface area contributed by atoms with Crippen molar-refractivity contribution in [3.05, 3.63) is 29.8 Å². The summed E-state index contributed by atoms with van der Waals surface area (Å²) in [5, 5.41) is 0. The zero-order chi connectivity index (χ0) is 12.4. The summed E-state index contributed by atoms with van der Waals surface area (Å²) in [5.74, 6) is 0.997. The minimum absolute atomic E-state index is 0.121. The van der Waals surface area contributed by atoms with Gasteiger partial charge in [-0.2, -0.15) is 0 Å². The predicted molar refractivity (Wildman–Crippen MR) is 70.0 cm³/mol. The van der Waals surface area contributed by atoms with Crippen LogP contribution in [0.2, 0.25) is 0 Å². The molecular weight excluding hydrogens is 196 g/mol. The summed E-state index contributed by atoms with van der Waals surface area (Å²) in [5.41, 5.74) is 1.36. The van der Waals surface area contributed by atoms with E-state index < -0.39 is 0 Å². The highest BCUT2D eigenvalue weighted by Gasteiger charge is 2.27. The molecule has 1 heteroatoms. The van der Waals surface area contributed by atoms with Crippen molar-refractivity contribution in [3.63, 3.8) is 0 Å². The van der Waals surface area contributed by atoms with E-state index in [9.17, 15) is 0 Å². The van der Waals surface area contributed by atoms with Gasteiger partial charge in [-0.3, -0.25) is 0 Å². The van der Waals surface area contributed by atoms with Gasteiger partial charge in [-0.15, -0.1) is 0 Å². The predicted octanol–water partition coefficient (Wildman–Crippen LogP) is 4.59. The normalized spacial score (nSPS) is 12.6. The summed E-state index contributed by atoms with van der Waals surface area (Å²) >= 11 is 0. The Morgan fingerprint density at radius 1 is 1.00 bits per heavy atom. The van der Waals surface area contributed by atoms with Gasteiger partial charge in [-0.1, -0.05) is 39.0 Å². The SMILES string of the molecule is Cc1ccccc1OC(C)(C)CC(C)(C)C. The van der Waals surface area contributed by atoms with Crippen LogP contribution in [0.5, 0.6) is 5.75 Å². The van der Waals surface area contributed by atoms with E-state index >= 15 is 0 Å². The van der Waals surface area contributed by atoms with Crippen molar-refractivity contribution in [2.24, 2.45) is 5.41 Å². The van der Waals surface area contributed by atoms with Crippen molar-refractivity contribution in [1.29, 1.82) is 0 Å². The van der Waals surface area contributed by atoms with E-state index in [0.717, 1.165) is 12.2 Å². The Balaban J connectivity index is 2.77. The molecule has 0 aliphatic rings. The summed E-state index contributed by atoms with van der Waals surface area (Å²) in [6.45, 7) is 13.1. The van der Waals surface area contributed by atoms with Crippen LogP contribution in [0, 0.1) is 12.3 Å². The van der Waals surface area contributed by atoms with Crippen LogP contribution in [0.15, 0.2) is 24.3 Å². The Hall–Kier alpha value is -0.980. The first-order valence-electron chi connectivity index (χ1n) is 5.94. The fourth-order valence-corrected chi connectivity index (χ4v) is 2.28. The molecule has 0 saturated carbocycles. The zero-order valence-corrected chi connectivity index (χ0v) is 11.4. The lowest BCUT2D eigenvalue weighted by atomic mass is 9.83. The van der Waals surface area contributed by atoms with Gasteiger partial charge in [0.2, 0.25) is 0 Å². The second-order valence-electron chi connectivity index (χ2n) is 6.36. The Labute approximate surface area is 99.8 Å². The maximum Gasteiger partial charge on any atom is 0.123 e. The molecule has 0 unspecified atom stereocenters. The third-order valence-corrected chi connectivity index (χ3v) is 2.44. The van der Waals surface area contributed by atoms with E-state index in [0.29, 0.717) is 0 Å². The Kier molecular flexibility index (Phi) is 3.67. The van der Waals surface area contributed by atoms with Crippen molar-refractivity contribution >= 4 is 0 Å². The van der Waals surface area contributed by atoms with Gasteiger partial charge in [-0.25, -0.2) is 0 Å². The number of para-hydroxylation sites is 1. The molecule has 90 valence electrons. The summed E-state index contributed by atoms with van der Waals surface area (Å²) in [7, 11) is 0.